The van der Waals surface area contributed by atoms with E-state index in [-0.39, 0.29) is 22.8 Å². The smallest absolute Gasteiger partial charge is 0.167 e. The van der Waals surface area contributed by atoms with Crippen molar-refractivity contribution in [3.63, 3.8) is 0 Å². The molecule has 4 heterocycles. The summed E-state index contributed by atoms with van der Waals surface area (Å²) in [5.41, 5.74) is 12.4. The summed E-state index contributed by atoms with van der Waals surface area (Å²) in [6, 6.07) is 33.9. The molecule has 0 saturated heterocycles. The lowest BCUT2D eigenvalue weighted by atomic mass is 9.92. The Morgan fingerprint density at radius 2 is 1.20 bits per heavy atom. The van der Waals surface area contributed by atoms with Crippen molar-refractivity contribution in [2.75, 3.05) is 0 Å². The van der Waals surface area contributed by atoms with Crippen molar-refractivity contribution in [3.8, 4) is 45.0 Å². The van der Waals surface area contributed by atoms with Gasteiger partial charge in [0.25, 0.3) is 0 Å². The third-order valence-corrected chi connectivity index (χ3v) is 11.1. The summed E-state index contributed by atoms with van der Waals surface area (Å²) < 4.78 is 32.5. The molecule has 0 amide bonds. The Bertz CT molecular complexity index is 3480. The lowest BCUT2D eigenvalue weighted by molar-refractivity contribution is 0.628. The Morgan fingerprint density at radius 1 is 0.525 bits per heavy atom. The highest BCUT2D eigenvalue weighted by molar-refractivity contribution is 6.08. The second kappa shape index (κ2) is 14.0. The molecule has 0 atom stereocenters. The van der Waals surface area contributed by atoms with Gasteiger partial charge in [-0.25, -0.2) is 23.7 Å². The molecule has 0 bridgehead atoms. The van der Waals surface area contributed by atoms with Gasteiger partial charge >= 0.3 is 0 Å². The molecule has 0 unspecified atom stereocenters. The summed E-state index contributed by atoms with van der Waals surface area (Å²) in [6.07, 6.45) is 16.6. The number of allylic oxidation sites excluding steroid dienone is 4. The van der Waals surface area contributed by atoms with E-state index in [2.05, 4.69) is 33.9 Å². The standard InChI is InChI=1S/C51H30F2N6/c52-44-20-16-34(37-22-25-55-47-39-11-3-1-2-8-31(39)14-18-40(37)47)28-42(44)50-57-49(36-13-12-30-7-4-5-9-33(30)27-36)58-51(59-50)43-29-35(17-21-45(43)53)38-23-26-56-48-41(38)19-15-32-10-6-24-54-46(32)48/h1-10,14-29H,12-13H2. The summed E-state index contributed by atoms with van der Waals surface area (Å²) in [6.45, 7) is 0. The normalized spacial score (nSPS) is 13.1. The number of rotatable bonds is 5. The first kappa shape index (κ1) is 34.4. The minimum absolute atomic E-state index is 0.101. The summed E-state index contributed by atoms with van der Waals surface area (Å²) in [5, 5.41) is 4.65. The number of pyridine rings is 3. The minimum atomic E-state index is -0.514. The number of aromatic nitrogens is 6. The Balaban J connectivity index is 1.10. The molecule has 2 aliphatic rings. The van der Waals surface area contributed by atoms with Crippen LogP contribution in [-0.2, 0) is 6.42 Å². The number of benzene rings is 5. The van der Waals surface area contributed by atoms with Crippen molar-refractivity contribution in [1.82, 2.24) is 29.9 Å². The van der Waals surface area contributed by atoms with Crippen LogP contribution >= 0.6 is 0 Å². The van der Waals surface area contributed by atoms with Crippen LogP contribution < -0.4 is 10.4 Å². The third-order valence-electron chi connectivity index (χ3n) is 11.1. The molecule has 11 rings (SSSR count). The summed E-state index contributed by atoms with van der Waals surface area (Å²) >= 11 is 0. The molecule has 5 aromatic carbocycles. The minimum Gasteiger partial charge on any atom is -0.255 e. The Hall–Kier alpha value is -7.80. The highest BCUT2D eigenvalue weighted by atomic mass is 19.1. The molecule has 4 aromatic heterocycles. The quantitative estimate of drug-likeness (QED) is 0.163. The van der Waals surface area contributed by atoms with Crippen LogP contribution in [0, 0.1) is 11.6 Å². The Morgan fingerprint density at radius 3 is 1.98 bits per heavy atom. The maximum Gasteiger partial charge on any atom is 0.167 e. The second-order valence-electron chi connectivity index (χ2n) is 14.6. The van der Waals surface area contributed by atoms with Crippen molar-refractivity contribution >= 4 is 56.2 Å². The van der Waals surface area contributed by atoms with Gasteiger partial charge in [-0.3, -0.25) is 15.0 Å². The van der Waals surface area contributed by atoms with Crippen molar-refractivity contribution in [2.45, 2.75) is 12.8 Å². The van der Waals surface area contributed by atoms with Crippen molar-refractivity contribution in [2.24, 2.45) is 0 Å². The molecule has 278 valence electrons. The van der Waals surface area contributed by atoms with Crippen LogP contribution in [0.4, 0.5) is 8.78 Å². The van der Waals surface area contributed by atoms with E-state index in [1.807, 2.05) is 85.0 Å². The number of hydrogen-bond donors (Lipinski definition) is 0. The predicted octanol–water partition coefficient (Wildman–Crippen LogP) is 10.2. The maximum atomic E-state index is 16.2. The van der Waals surface area contributed by atoms with Gasteiger partial charge < -0.3 is 0 Å². The van der Waals surface area contributed by atoms with E-state index in [9.17, 15) is 0 Å². The molecule has 59 heavy (non-hydrogen) atoms. The molecule has 6 nitrogen and oxygen atoms in total. The first-order valence-electron chi connectivity index (χ1n) is 19.4. The zero-order chi connectivity index (χ0) is 39.5. The third kappa shape index (κ3) is 6.02. The zero-order valence-electron chi connectivity index (χ0n) is 31.4. The van der Waals surface area contributed by atoms with Gasteiger partial charge in [-0.05, 0) is 112 Å². The van der Waals surface area contributed by atoms with Gasteiger partial charge in [0, 0.05) is 40.0 Å². The topological polar surface area (TPSA) is 77.3 Å². The highest BCUT2D eigenvalue weighted by Gasteiger charge is 2.22. The molecule has 0 spiro atoms. The monoisotopic (exact) mass is 764 g/mol. The lowest BCUT2D eigenvalue weighted by Gasteiger charge is -2.17. The summed E-state index contributed by atoms with van der Waals surface area (Å²) in [7, 11) is 0. The van der Waals surface area contributed by atoms with E-state index in [0.29, 0.717) is 12.2 Å². The molecule has 2 aliphatic carbocycles. The van der Waals surface area contributed by atoms with Gasteiger partial charge in [0.2, 0.25) is 0 Å². The van der Waals surface area contributed by atoms with Crippen LogP contribution in [0.1, 0.15) is 23.4 Å². The maximum absolute atomic E-state index is 16.2. The lowest BCUT2D eigenvalue weighted by Crippen LogP contribution is -2.24. The Kier molecular flexibility index (Phi) is 8.17. The number of fused-ring (bicyclic) bond motifs is 7. The van der Waals surface area contributed by atoms with Gasteiger partial charge in [0.05, 0.1) is 27.7 Å². The zero-order valence-corrected chi connectivity index (χ0v) is 31.4. The van der Waals surface area contributed by atoms with Crippen molar-refractivity contribution in [1.29, 1.82) is 0 Å². The van der Waals surface area contributed by atoms with Crippen molar-refractivity contribution in [3.05, 3.63) is 185 Å². The number of hydrogen-bond acceptors (Lipinski definition) is 6. The molecule has 9 aromatic rings. The van der Waals surface area contributed by atoms with Crippen LogP contribution in [0.15, 0.2) is 146 Å². The van der Waals surface area contributed by atoms with E-state index >= 15 is 8.78 Å². The molecule has 0 aliphatic heterocycles. The average Bonchev–Trinajstić information content (AvgIpc) is 3.55. The SMILES string of the molecule is Fc1ccc(-c2ccnc3c4c(ccc23)=CC=CC=C=4)cc1-c1nc(C2=Cc3ccccc3CC2)nc(-c2cc(-c3ccnc4c3ccc3cccnc34)ccc2F)n1. The molecule has 0 N–H and O–H groups in total. The van der Waals surface area contributed by atoms with Gasteiger partial charge in [0.15, 0.2) is 17.5 Å². The number of halogens is 2. The largest absolute Gasteiger partial charge is 0.255 e. The first-order chi connectivity index (χ1) is 29.1. The first-order valence-corrected chi connectivity index (χ1v) is 19.4. The van der Waals surface area contributed by atoms with E-state index in [0.717, 1.165) is 83.0 Å². The summed E-state index contributed by atoms with van der Waals surface area (Å²) in [4.78, 5) is 28.7. The van der Waals surface area contributed by atoms with Crippen molar-refractivity contribution < 1.29 is 8.78 Å². The van der Waals surface area contributed by atoms with Crippen LogP contribution in [-0.4, -0.2) is 29.9 Å². The molecular weight excluding hydrogens is 735 g/mol. The summed E-state index contributed by atoms with van der Waals surface area (Å²) in [5.74, 6) is -0.457. The molecule has 0 radical (unpaired) electrons. The fraction of sp³-hybridized carbons (Fsp3) is 0.0392. The molecule has 8 heteroatoms. The fourth-order valence-electron chi connectivity index (χ4n) is 8.23. The van der Waals surface area contributed by atoms with Gasteiger partial charge in [-0.2, -0.15) is 0 Å². The van der Waals surface area contributed by atoms with Crippen LogP contribution in [0.5, 0.6) is 0 Å². The number of nitrogens with zero attached hydrogens (tertiary/aromatic N) is 6. The van der Waals surface area contributed by atoms with E-state index in [4.69, 9.17) is 19.9 Å². The molecular formula is C51H30F2N6. The number of aryl methyl sites for hydroxylation is 1. The van der Waals surface area contributed by atoms with Crippen LogP contribution in [0.2, 0.25) is 0 Å². The van der Waals surface area contributed by atoms with E-state index < -0.39 is 11.6 Å². The predicted molar refractivity (Wildman–Crippen MR) is 231 cm³/mol. The fourth-order valence-corrected chi connectivity index (χ4v) is 8.23. The Labute approximate surface area is 336 Å². The van der Waals surface area contributed by atoms with E-state index in [1.165, 1.54) is 17.7 Å². The highest BCUT2D eigenvalue weighted by Crippen LogP contribution is 2.37. The van der Waals surface area contributed by atoms with Gasteiger partial charge in [-0.15, -0.1) is 5.73 Å². The average molecular weight is 765 g/mol. The van der Waals surface area contributed by atoms with Crippen LogP contribution in [0.3, 0.4) is 0 Å². The second-order valence-corrected chi connectivity index (χ2v) is 14.6. The molecule has 0 saturated carbocycles. The van der Waals surface area contributed by atoms with Gasteiger partial charge in [0.1, 0.15) is 11.6 Å². The molecule has 0 fully saturated rings. The van der Waals surface area contributed by atoms with Crippen LogP contribution in [0.25, 0.3) is 101 Å². The van der Waals surface area contributed by atoms with Gasteiger partial charge in [-0.1, -0.05) is 85.0 Å². The van der Waals surface area contributed by atoms with E-state index in [1.54, 1.807) is 42.9 Å².